The van der Waals surface area contributed by atoms with Crippen molar-refractivity contribution in [3.63, 3.8) is 0 Å². The smallest absolute Gasteiger partial charge is 0.128 e. The summed E-state index contributed by atoms with van der Waals surface area (Å²) in [5.41, 5.74) is 2.45. The van der Waals surface area contributed by atoms with E-state index < -0.39 is 0 Å². The second-order valence-corrected chi connectivity index (χ2v) is 6.97. The Hall–Kier alpha value is -1.09. The Kier molecular flexibility index (Phi) is 3.21. The van der Waals surface area contributed by atoms with Crippen molar-refractivity contribution in [2.24, 2.45) is 17.8 Å². The lowest BCUT2D eigenvalue weighted by molar-refractivity contribution is 0.350. The van der Waals surface area contributed by atoms with E-state index in [4.69, 9.17) is 11.6 Å². The fraction of sp³-hybridized carbons (Fsp3) is 0.588. The first-order valence-electron chi connectivity index (χ1n) is 7.88. The molecule has 0 aliphatic heterocycles. The average molecular weight is 307 g/mol. The molecule has 0 atom stereocenters. The third-order valence-corrected chi connectivity index (χ3v) is 5.31. The van der Waals surface area contributed by atoms with Crippen molar-refractivity contribution in [2.75, 3.05) is 0 Å². The molecule has 1 aromatic heterocycles. The lowest BCUT2D eigenvalue weighted by Crippen LogP contribution is -2.16. The second kappa shape index (κ2) is 4.98. The van der Waals surface area contributed by atoms with Crippen molar-refractivity contribution >= 4 is 22.6 Å². The van der Waals surface area contributed by atoms with Gasteiger partial charge in [0.2, 0.25) is 0 Å². The monoisotopic (exact) mass is 306 g/mol. The van der Waals surface area contributed by atoms with Crippen LogP contribution >= 0.6 is 11.6 Å². The van der Waals surface area contributed by atoms with Gasteiger partial charge >= 0.3 is 0 Å². The van der Waals surface area contributed by atoms with Crippen LogP contribution in [0, 0.1) is 30.5 Å². The highest BCUT2D eigenvalue weighted by atomic mass is 35.5. The number of hydrogen-bond donors (Lipinski definition) is 0. The second-order valence-electron chi connectivity index (χ2n) is 6.70. The molecule has 0 unspecified atom stereocenters. The standard InChI is InChI=1S/C17H20ClFN2/c1-10-6-16-15(7-14(10)19)20-17(8-18)21(16)9-13(11-2-3-11)12-4-5-12/h6-7,11-13H,2-5,8-9H2,1H3. The highest BCUT2D eigenvalue weighted by Crippen LogP contribution is 2.50. The van der Waals surface area contributed by atoms with Crippen molar-refractivity contribution < 1.29 is 4.39 Å². The third kappa shape index (κ3) is 2.46. The molecule has 0 bridgehead atoms. The minimum atomic E-state index is -0.186. The molecule has 0 saturated heterocycles. The zero-order valence-corrected chi connectivity index (χ0v) is 13.0. The molecule has 2 aliphatic carbocycles. The molecule has 1 aromatic carbocycles. The van der Waals surface area contributed by atoms with Crippen LogP contribution in [0.2, 0.25) is 0 Å². The van der Waals surface area contributed by atoms with E-state index in [-0.39, 0.29) is 5.82 Å². The van der Waals surface area contributed by atoms with Gasteiger partial charge in [0.05, 0.1) is 16.9 Å². The van der Waals surface area contributed by atoms with Crippen LogP contribution in [0.15, 0.2) is 12.1 Å². The number of fused-ring (bicyclic) bond motifs is 1. The number of alkyl halides is 1. The van der Waals surface area contributed by atoms with E-state index in [9.17, 15) is 4.39 Å². The van der Waals surface area contributed by atoms with Crippen LogP contribution in [0.5, 0.6) is 0 Å². The van der Waals surface area contributed by atoms with E-state index in [1.54, 1.807) is 6.07 Å². The number of nitrogens with zero attached hydrogens (tertiary/aromatic N) is 2. The van der Waals surface area contributed by atoms with E-state index in [1.165, 1.54) is 25.7 Å². The van der Waals surface area contributed by atoms with E-state index in [0.29, 0.717) is 11.4 Å². The van der Waals surface area contributed by atoms with Crippen LogP contribution in [0.4, 0.5) is 4.39 Å². The molecular weight excluding hydrogens is 287 g/mol. The predicted molar refractivity (Wildman–Crippen MR) is 82.9 cm³/mol. The number of rotatable bonds is 5. The number of imidazole rings is 1. The maximum Gasteiger partial charge on any atom is 0.128 e. The third-order valence-electron chi connectivity index (χ3n) is 5.08. The van der Waals surface area contributed by atoms with Gasteiger partial charge in [-0.2, -0.15) is 0 Å². The van der Waals surface area contributed by atoms with E-state index in [1.807, 2.05) is 13.0 Å². The molecule has 2 nitrogen and oxygen atoms in total. The molecule has 112 valence electrons. The van der Waals surface area contributed by atoms with Gasteiger partial charge in [0, 0.05) is 12.6 Å². The minimum Gasteiger partial charge on any atom is -0.327 e. The van der Waals surface area contributed by atoms with Gasteiger partial charge in [0.15, 0.2) is 0 Å². The van der Waals surface area contributed by atoms with Crippen molar-refractivity contribution in [2.45, 2.75) is 45.0 Å². The van der Waals surface area contributed by atoms with Gasteiger partial charge in [-0.1, -0.05) is 0 Å². The largest absolute Gasteiger partial charge is 0.327 e. The number of benzene rings is 1. The first kappa shape index (κ1) is 13.6. The predicted octanol–water partition coefficient (Wildman–Crippen LogP) is 4.66. The summed E-state index contributed by atoms with van der Waals surface area (Å²) in [6.45, 7) is 2.81. The molecule has 0 N–H and O–H groups in total. The number of aryl methyl sites for hydroxylation is 1. The maximum atomic E-state index is 13.8. The Balaban J connectivity index is 1.76. The van der Waals surface area contributed by atoms with Gasteiger partial charge < -0.3 is 4.57 Å². The lowest BCUT2D eigenvalue weighted by atomic mass is 9.97. The normalized spacial score (nSPS) is 18.9. The first-order chi connectivity index (χ1) is 10.2. The van der Waals surface area contributed by atoms with Crippen molar-refractivity contribution in [1.82, 2.24) is 9.55 Å². The van der Waals surface area contributed by atoms with E-state index in [2.05, 4.69) is 9.55 Å². The van der Waals surface area contributed by atoms with Crippen molar-refractivity contribution in [3.05, 3.63) is 29.3 Å². The average Bonchev–Trinajstić information content (AvgIpc) is 3.35. The molecule has 2 saturated carbocycles. The quantitative estimate of drug-likeness (QED) is 0.735. The van der Waals surface area contributed by atoms with Crippen LogP contribution < -0.4 is 0 Å². The molecule has 1 heterocycles. The van der Waals surface area contributed by atoms with Crippen LogP contribution in [0.1, 0.15) is 37.1 Å². The summed E-state index contributed by atoms with van der Waals surface area (Å²) >= 11 is 6.08. The summed E-state index contributed by atoms with van der Waals surface area (Å²) in [5, 5.41) is 0. The molecule has 0 amide bonds. The van der Waals surface area contributed by atoms with Crippen LogP contribution in [-0.4, -0.2) is 9.55 Å². The van der Waals surface area contributed by atoms with Gasteiger partial charge in [-0.05, 0) is 62.0 Å². The van der Waals surface area contributed by atoms with Gasteiger partial charge in [0.1, 0.15) is 11.6 Å². The highest BCUT2D eigenvalue weighted by Gasteiger charge is 2.41. The minimum absolute atomic E-state index is 0.186. The van der Waals surface area contributed by atoms with Gasteiger partial charge in [-0.3, -0.25) is 0 Å². The molecule has 0 radical (unpaired) electrons. The summed E-state index contributed by atoms with van der Waals surface area (Å²) < 4.78 is 16.0. The summed E-state index contributed by atoms with van der Waals surface area (Å²) in [4.78, 5) is 4.54. The van der Waals surface area contributed by atoms with E-state index in [0.717, 1.165) is 41.2 Å². The highest BCUT2D eigenvalue weighted by molar-refractivity contribution is 6.16. The fourth-order valence-electron chi connectivity index (χ4n) is 3.55. The topological polar surface area (TPSA) is 17.8 Å². The Morgan fingerprint density at radius 2 is 1.95 bits per heavy atom. The maximum absolute atomic E-state index is 13.8. The number of aromatic nitrogens is 2. The van der Waals surface area contributed by atoms with E-state index >= 15 is 0 Å². The zero-order chi connectivity index (χ0) is 14.6. The lowest BCUT2D eigenvalue weighted by Gasteiger charge is -2.18. The summed E-state index contributed by atoms with van der Waals surface area (Å²) in [5.74, 6) is 3.61. The molecule has 2 aromatic rings. The number of hydrogen-bond acceptors (Lipinski definition) is 1. The van der Waals surface area contributed by atoms with Crippen LogP contribution in [-0.2, 0) is 12.4 Å². The summed E-state index contributed by atoms with van der Waals surface area (Å²) in [7, 11) is 0. The number of halogens is 2. The molecule has 21 heavy (non-hydrogen) atoms. The Morgan fingerprint density at radius 1 is 1.29 bits per heavy atom. The van der Waals surface area contributed by atoms with Crippen LogP contribution in [0.3, 0.4) is 0 Å². The Morgan fingerprint density at radius 3 is 2.52 bits per heavy atom. The molecule has 4 heteroatoms. The molecule has 2 aliphatic rings. The molecule has 2 fully saturated rings. The van der Waals surface area contributed by atoms with Crippen LogP contribution in [0.25, 0.3) is 11.0 Å². The molecule has 4 rings (SSSR count). The van der Waals surface area contributed by atoms with Gasteiger partial charge in [0.25, 0.3) is 0 Å². The fourth-order valence-corrected chi connectivity index (χ4v) is 3.75. The summed E-state index contributed by atoms with van der Waals surface area (Å²) in [6.07, 6.45) is 5.49. The van der Waals surface area contributed by atoms with Gasteiger partial charge in [-0.15, -0.1) is 11.6 Å². The molecular formula is C17H20ClFN2. The Labute approximate surface area is 129 Å². The zero-order valence-electron chi connectivity index (χ0n) is 12.3. The Bertz CT molecular complexity index is 674. The SMILES string of the molecule is Cc1cc2c(cc1F)nc(CCl)n2CC(C1CC1)C1CC1. The van der Waals surface area contributed by atoms with Gasteiger partial charge in [-0.25, -0.2) is 9.37 Å². The van der Waals surface area contributed by atoms with Crippen molar-refractivity contribution in [1.29, 1.82) is 0 Å². The van der Waals surface area contributed by atoms with Crippen molar-refractivity contribution in [3.8, 4) is 0 Å². The summed E-state index contributed by atoms with van der Waals surface area (Å²) in [6, 6.07) is 3.46. The first-order valence-corrected chi connectivity index (χ1v) is 8.42. The molecule has 0 spiro atoms.